The van der Waals surface area contributed by atoms with Crippen molar-refractivity contribution in [3.8, 4) is 0 Å². The van der Waals surface area contributed by atoms with Crippen molar-refractivity contribution in [2.45, 2.75) is 25.3 Å². The first kappa shape index (κ1) is 7.87. The minimum absolute atomic E-state index is 0.389. The van der Waals surface area contributed by atoms with Crippen molar-refractivity contribution in [1.29, 1.82) is 0 Å². The van der Waals surface area contributed by atoms with Gasteiger partial charge in [-0.1, -0.05) is 23.7 Å². The van der Waals surface area contributed by atoms with Crippen LogP contribution >= 0.6 is 0 Å². The van der Waals surface area contributed by atoms with Crippen LogP contribution < -0.4 is 11.2 Å². The van der Waals surface area contributed by atoms with Gasteiger partial charge in [0.2, 0.25) is 0 Å². The quantitative estimate of drug-likeness (QED) is 0.519. The third-order valence-electron chi connectivity index (χ3n) is 2.63. The molecule has 1 nitrogen and oxygen atoms in total. The monoisotopic (exact) mass is 159 g/mol. The van der Waals surface area contributed by atoms with Gasteiger partial charge in [-0.15, -0.1) is 0 Å². The smallest absolute Gasteiger partial charge is 0.139 e. The van der Waals surface area contributed by atoms with E-state index in [2.05, 4.69) is 26.0 Å². The summed E-state index contributed by atoms with van der Waals surface area (Å²) in [7, 11) is 2.15. The molecule has 0 bridgehead atoms. The zero-order valence-electron chi connectivity index (χ0n) is 7.51. The number of rotatable bonds is 0. The fourth-order valence-electron chi connectivity index (χ4n) is 1.91. The Hall–Kier alpha value is -0.755. The summed E-state index contributed by atoms with van der Waals surface area (Å²) in [6.45, 7) is 0. The topological polar surface area (TPSA) is 26.0 Å². The van der Waals surface area contributed by atoms with Gasteiger partial charge in [0.25, 0.3) is 0 Å². The van der Waals surface area contributed by atoms with Gasteiger partial charge < -0.3 is 5.73 Å². The molecule has 1 unspecified atom stereocenters. The summed E-state index contributed by atoms with van der Waals surface area (Å²) in [6, 6.07) is 7.09. The lowest BCUT2D eigenvalue weighted by Crippen LogP contribution is -2.28. The van der Waals surface area contributed by atoms with Crippen LogP contribution in [0, 0.1) is 0 Å². The number of benzene rings is 1. The molecule has 1 atom stereocenters. The molecule has 0 spiro atoms. The van der Waals surface area contributed by atoms with Crippen LogP contribution in [-0.2, 0) is 12.8 Å². The van der Waals surface area contributed by atoms with Gasteiger partial charge in [-0.2, -0.15) is 0 Å². The molecular formula is C10H14BN. The molecule has 1 aliphatic carbocycles. The Kier molecular flexibility index (Phi) is 1.93. The van der Waals surface area contributed by atoms with Crippen LogP contribution in [0.15, 0.2) is 18.2 Å². The van der Waals surface area contributed by atoms with E-state index < -0.39 is 0 Å². The van der Waals surface area contributed by atoms with E-state index in [9.17, 15) is 0 Å². The Labute approximate surface area is 74.4 Å². The van der Waals surface area contributed by atoms with Crippen LogP contribution in [0.1, 0.15) is 17.5 Å². The van der Waals surface area contributed by atoms with E-state index in [1.165, 1.54) is 16.6 Å². The molecule has 1 aromatic carbocycles. The first-order chi connectivity index (χ1) is 5.75. The van der Waals surface area contributed by atoms with E-state index in [1.54, 1.807) is 0 Å². The third kappa shape index (κ3) is 1.39. The van der Waals surface area contributed by atoms with E-state index in [1.807, 2.05) is 0 Å². The Morgan fingerprint density at radius 2 is 2.17 bits per heavy atom. The van der Waals surface area contributed by atoms with Crippen molar-refractivity contribution in [2.24, 2.45) is 5.73 Å². The molecule has 2 heteroatoms. The predicted molar refractivity (Wildman–Crippen MR) is 54.6 cm³/mol. The van der Waals surface area contributed by atoms with Crippen LogP contribution in [0.3, 0.4) is 0 Å². The molecule has 0 aromatic heterocycles. The Morgan fingerprint density at radius 3 is 3.00 bits per heavy atom. The summed E-state index contributed by atoms with van der Waals surface area (Å²) in [4.78, 5) is 0. The van der Waals surface area contributed by atoms with Gasteiger partial charge in [0.15, 0.2) is 0 Å². The molecule has 0 fully saturated rings. The maximum absolute atomic E-state index is 5.89. The lowest BCUT2D eigenvalue weighted by atomic mass is 9.84. The summed E-state index contributed by atoms with van der Waals surface area (Å²) in [5.74, 6) is 0. The molecule has 0 aliphatic heterocycles. The molecule has 0 amide bonds. The second kappa shape index (κ2) is 2.94. The molecule has 0 heterocycles. The fourth-order valence-corrected chi connectivity index (χ4v) is 1.91. The average Bonchev–Trinajstić information content (AvgIpc) is 2.05. The highest BCUT2D eigenvalue weighted by molar-refractivity contribution is 6.32. The second-order valence-corrected chi connectivity index (χ2v) is 3.78. The number of hydrogen-bond donors (Lipinski definition) is 1. The van der Waals surface area contributed by atoms with Gasteiger partial charge in [0.05, 0.1) is 0 Å². The van der Waals surface area contributed by atoms with Crippen molar-refractivity contribution >= 4 is 13.3 Å². The maximum Gasteiger partial charge on any atom is 0.139 e. The van der Waals surface area contributed by atoms with E-state index in [0.717, 1.165) is 19.3 Å². The Balaban J connectivity index is 2.37. The van der Waals surface area contributed by atoms with Crippen LogP contribution in [0.5, 0.6) is 0 Å². The minimum Gasteiger partial charge on any atom is -0.327 e. The van der Waals surface area contributed by atoms with Crippen LogP contribution in [-0.4, -0.2) is 13.9 Å². The van der Waals surface area contributed by atoms with Gasteiger partial charge in [-0.05, 0) is 30.4 Å². The minimum atomic E-state index is 0.389. The third-order valence-corrected chi connectivity index (χ3v) is 2.63. The van der Waals surface area contributed by atoms with Crippen LogP contribution in [0.2, 0.25) is 0 Å². The number of nitrogens with two attached hydrogens (primary N) is 1. The fraction of sp³-hybridized carbons (Fsp3) is 0.400. The molecule has 0 radical (unpaired) electrons. The summed E-state index contributed by atoms with van der Waals surface area (Å²) in [5, 5.41) is 0. The number of hydrogen-bond acceptors (Lipinski definition) is 1. The van der Waals surface area contributed by atoms with E-state index >= 15 is 0 Å². The highest BCUT2D eigenvalue weighted by Crippen LogP contribution is 2.18. The average molecular weight is 159 g/mol. The first-order valence-corrected chi connectivity index (χ1v) is 4.59. The van der Waals surface area contributed by atoms with Crippen molar-refractivity contribution < 1.29 is 0 Å². The number of aryl methyl sites for hydroxylation is 1. The summed E-state index contributed by atoms with van der Waals surface area (Å²) >= 11 is 0. The van der Waals surface area contributed by atoms with Gasteiger partial charge in [-0.3, -0.25) is 0 Å². The molecule has 2 rings (SSSR count). The van der Waals surface area contributed by atoms with E-state index in [0.29, 0.717) is 6.04 Å². The molecule has 1 aliphatic rings. The standard InChI is InChI=1S/C10H14BN/c11-9-3-1-8-6-10(12)4-2-7(8)5-9/h1,3,5,10H,2,4,6,11-12H2. The normalized spacial score (nSPS) is 21.9. The van der Waals surface area contributed by atoms with Gasteiger partial charge in [0.1, 0.15) is 7.85 Å². The van der Waals surface area contributed by atoms with Crippen LogP contribution in [0.4, 0.5) is 0 Å². The molecule has 0 saturated carbocycles. The van der Waals surface area contributed by atoms with Crippen molar-refractivity contribution in [3.63, 3.8) is 0 Å². The molecule has 62 valence electrons. The largest absolute Gasteiger partial charge is 0.327 e. The van der Waals surface area contributed by atoms with Crippen LogP contribution in [0.25, 0.3) is 0 Å². The zero-order valence-corrected chi connectivity index (χ0v) is 7.51. The highest BCUT2D eigenvalue weighted by atomic mass is 14.6. The molecule has 0 saturated heterocycles. The second-order valence-electron chi connectivity index (χ2n) is 3.78. The Bertz CT molecular complexity index is 296. The van der Waals surface area contributed by atoms with E-state index in [-0.39, 0.29) is 0 Å². The SMILES string of the molecule is Bc1ccc2c(c1)CCC(N)C2. The first-order valence-electron chi connectivity index (χ1n) is 4.59. The van der Waals surface area contributed by atoms with Gasteiger partial charge >= 0.3 is 0 Å². The molecule has 2 N–H and O–H groups in total. The summed E-state index contributed by atoms with van der Waals surface area (Å²) in [5.41, 5.74) is 10.2. The van der Waals surface area contributed by atoms with Crippen molar-refractivity contribution in [1.82, 2.24) is 0 Å². The highest BCUT2D eigenvalue weighted by Gasteiger charge is 2.14. The summed E-state index contributed by atoms with van der Waals surface area (Å²) < 4.78 is 0. The molecule has 12 heavy (non-hydrogen) atoms. The van der Waals surface area contributed by atoms with Gasteiger partial charge in [0, 0.05) is 6.04 Å². The predicted octanol–water partition coefficient (Wildman–Crippen LogP) is -0.239. The zero-order chi connectivity index (χ0) is 8.55. The molecular weight excluding hydrogens is 145 g/mol. The maximum atomic E-state index is 5.89. The molecule has 1 aromatic rings. The number of fused-ring (bicyclic) bond motifs is 1. The van der Waals surface area contributed by atoms with Crippen molar-refractivity contribution in [2.75, 3.05) is 0 Å². The van der Waals surface area contributed by atoms with Gasteiger partial charge in [-0.25, -0.2) is 0 Å². The lowest BCUT2D eigenvalue weighted by Gasteiger charge is -2.21. The Morgan fingerprint density at radius 1 is 1.33 bits per heavy atom. The summed E-state index contributed by atoms with van der Waals surface area (Å²) in [6.07, 6.45) is 3.38. The lowest BCUT2D eigenvalue weighted by molar-refractivity contribution is 0.577. The van der Waals surface area contributed by atoms with E-state index in [4.69, 9.17) is 5.73 Å². The van der Waals surface area contributed by atoms with Crippen molar-refractivity contribution in [3.05, 3.63) is 29.3 Å².